The average molecular weight is 178 g/mol. The van der Waals surface area contributed by atoms with Crippen molar-refractivity contribution < 1.29 is 9.53 Å². The summed E-state index contributed by atoms with van der Waals surface area (Å²) in [4.78, 5) is 11.3. The normalized spacial score (nSPS) is 20.2. The molecular weight excluding hydrogens is 164 g/mol. The molecule has 0 heterocycles. The van der Waals surface area contributed by atoms with Crippen molar-refractivity contribution in [3.05, 3.63) is 12.2 Å². The highest BCUT2D eigenvalue weighted by Gasteiger charge is 2.17. The summed E-state index contributed by atoms with van der Waals surface area (Å²) in [7, 11) is 0. The van der Waals surface area contributed by atoms with Crippen molar-refractivity contribution in [3.8, 4) is 11.8 Å². The van der Waals surface area contributed by atoms with Crippen molar-refractivity contribution in [2.24, 2.45) is 5.92 Å². The van der Waals surface area contributed by atoms with Crippen LogP contribution in [-0.4, -0.2) is 12.6 Å². The first-order chi connectivity index (χ1) is 6.34. The number of hydrogen-bond donors (Lipinski definition) is 0. The van der Waals surface area contributed by atoms with Gasteiger partial charge in [0.25, 0.3) is 0 Å². The molecule has 1 rings (SSSR count). The minimum absolute atomic E-state index is 0.0348. The van der Waals surface area contributed by atoms with Gasteiger partial charge in [0, 0.05) is 0 Å². The minimum Gasteiger partial charge on any atom is -0.452 e. The van der Waals surface area contributed by atoms with Gasteiger partial charge in [0.2, 0.25) is 0 Å². The van der Waals surface area contributed by atoms with Gasteiger partial charge in [-0.25, -0.2) is 0 Å². The third-order valence-electron chi connectivity index (χ3n) is 2.02. The lowest BCUT2D eigenvalue weighted by atomic mass is 9.96. The van der Waals surface area contributed by atoms with Gasteiger partial charge in [-0.2, -0.15) is 0 Å². The van der Waals surface area contributed by atoms with Gasteiger partial charge in [-0.3, -0.25) is 4.79 Å². The molecule has 2 nitrogen and oxygen atoms in total. The van der Waals surface area contributed by atoms with E-state index >= 15 is 0 Å². The molecule has 1 aliphatic rings. The molecule has 0 bridgehead atoms. The molecule has 0 aliphatic heterocycles. The fourth-order valence-corrected chi connectivity index (χ4v) is 1.30. The molecule has 1 unspecified atom stereocenters. The average Bonchev–Trinajstić information content (AvgIpc) is 2.19. The van der Waals surface area contributed by atoms with E-state index in [1.165, 1.54) is 0 Å². The summed E-state index contributed by atoms with van der Waals surface area (Å²) in [6.07, 6.45) is 7.05. The molecule has 0 amide bonds. The van der Waals surface area contributed by atoms with Gasteiger partial charge in [-0.1, -0.05) is 18.1 Å². The van der Waals surface area contributed by atoms with Gasteiger partial charge in [-0.15, -0.1) is 5.92 Å². The first-order valence-electron chi connectivity index (χ1n) is 4.57. The molecule has 0 aromatic rings. The molecule has 13 heavy (non-hydrogen) atoms. The van der Waals surface area contributed by atoms with E-state index in [0.29, 0.717) is 0 Å². The Morgan fingerprint density at radius 3 is 3.15 bits per heavy atom. The zero-order valence-electron chi connectivity index (χ0n) is 7.88. The van der Waals surface area contributed by atoms with Crippen molar-refractivity contribution in [2.75, 3.05) is 6.61 Å². The number of ether oxygens (including phenoxy) is 1. The molecule has 1 aliphatic carbocycles. The Hall–Kier alpha value is -1.23. The first-order valence-corrected chi connectivity index (χ1v) is 4.57. The summed E-state index contributed by atoms with van der Waals surface area (Å²) in [6.45, 7) is 1.95. The van der Waals surface area contributed by atoms with Crippen molar-refractivity contribution in [2.45, 2.75) is 26.2 Å². The maximum Gasteiger partial charge on any atom is 0.313 e. The summed E-state index contributed by atoms with van der Waals surface area (Å²) in [6, 6.07) is 0. The molecule has 0 saturated heterocycles. The number of carbonyl (C=O) groups excluding carboxylic acids is 1. The Balaban J connectivity index is 2.32. The molecule has 0 N–H and O–H groups in total. The minimum atomic E-state index is -0.140. The number of carbonyl (C=O) groups is 1. The SMILES string of the molecule is CC#CCOC(=O)C1C=CCCC1. The zero-order chi connectivity index (χ0) is 9.52. The van der Waals surface area contributed by atoms with Gasteiger partial charge in [-0.05, 0) is 26.2 Å². The maximum absolute atomic E-state index is 11.3. The summed E-state index contributed by atoms with van der Waals surface area (Å²) in [5, 5.41) is 0. The molecule has 1 atom stereocenters. The zero-order valence-corrected chi connectivity index (χ0v) is 7.88. The predicted molar refractivity (Wildman–Crippen MR) is 50.9 cm³/mol. The van der Waals surface area contributed by atoms with E-state index in [-0.39, 0.29) is 18.5 Å². The summed E-state index contributed by atoms with van der Waals surface area (Å²) in [5.74, 6) is 5.21. The maximum atomic E-state index is 11.3. The molecule has 0 aromatic carbocycles. The van der Waals surface area contributed by atoms with Gasteiger partial charge < -0.3 is 4.74 Å². The van der Waals surface area contributed by atoms with Gasteiger partial charge in [0.05, 0.1) is 5.92 Å². The predicted octanol–water partition coefficient (Wildman–Crippen LogP) is 1.91. The molecule has 70 valence electrons. The van der Waals surface area contributed by atoms with Gasteiger partial charge >= 0.3 is 5.97 Å². The lowest BCUT2D eigenvalue weighted by Crippen LogP contribution is -2.17. The lowest BCUT2D eigenvalue weighted by molar-refractivity contribution is -0.145. The topological polar surface area (TPSA) is 26.3 Å². The van der Waals surface area contributed by atoms with Crippen LogP contribution in [0, 0.1) is 17.8 Å². The summed E-state index contributed by atoms with van der Waals surface area (Å²) < 4.78 is 4.96. The Bertz CT molecular complexity index is 255. The van der Waals surface area contributed by atoms with Crippen molar-refractivity contribution in [1.82, 2.24) is 0 Å². The van der Waals surface area contributed by atoms with Crippen LogP contribution < -0.4 is 0 Å². The second-order valence-corrected chi connectivity index (χ2v) is 3.00. The molecule has 0 saturated carbocycles. The van der Waals surface area contributed by atoms with E-state index in [1.807, 2.05) is 12.2 Å². The summed E-state index contributed by atoms with van der Waals surface area (Å²) >= 11 is 0. The third-order valence-corrected chi connectivity index (χ3v) is 2.02. The second kappa shape index (κ2) is 5.42. The highest BCUT2D eigenvalue weighted by molar-refractivity contribution is 5.74. The standard InChI is InChI=1S/C11H14O2/c1-2-3-9-13-11(12)10-7-5-4-6-8-10/h5,7,10H,4,6,8-9H2,1H3. The van der Waals surface area contributed by atoms with Crippen molar-refractivity contribution in [3.63, 3.8) is 0 Å². The van der Waals surface area contributed by atoms with Crippen LogP contribution in [0.15, 0.2) is 12.2 Å². The molecule has 0 fully saturated rings. The van der Waals surface area contributed by atoms with Crippen LogP contribution in [0.4, 0.5) is 0 Å². The van der Waals surface area contributed by atoms with Crippen LogP contribution in [0.5, 0.6) is 0 Å². The Morgan fingerprint density at radius 2 is 2.54 bits per heavy atom. The van der Waals surface area contributed by atoms with Crippen molar-refractivity contribution in [1.29, 1.82) is 0 Å². The van der Waals surface area contributed by atoms with E-state index in [2.05, 4.69) is 11.8 Å². The van der Waals surface area contributed by atoms with Crippen molar-refractivity contribution >= 4 is 5.97 Å². The van der Waals surface area contributed by atoms with E-state index in [1.54, 1.807) is 6.92 Å². The Labute approximate surface area is 79.0 Å². The fourth-order valence-electron chi connectivity index (χ4n) is 1.30. The van der Waals surface area contributed by atoms with Crippen LogP contribution in [0.25, 0.3) is 0 Å². The highest BCUT2D eigenvalue weighted by Crippen LogP contribution is 2.17. The van der Waals surface area contributed by atoms with Crippen LogP contribution >= 0.6 is 0 Å². The lowest BCUT2D eigenvalue weighted by Gasteiger charge is -2.13. The van der Waals surface area contributed by atoms with Crippen LogP contribution in [0.2, 0.25) is 0 Å². The van der Waals surface area contributed by atoms with E-state index in [9.17, 15) is 4.79 Å². The van der Waals surface area contributed by atoms with E-state index < -0.39 is 0 Å². The smallest absolute Gasteiger partial charge is 0.313 e. The molecule has 0 spiro atoms. The molecular formula is C11H14O2. The number of rotatable bonds is 2. The van der Waals surface area contributed by atoms with E-state index in [0.717, 1.165) is 19.3 Å². The number of esters is 1. The molecule has 2 heteroatoms. The monoisotopic (exact) mass is 178 g/mol. The highest BCUT2D eigenvalue weighted by atomic mass is 16.5. The first kappa shape index (κ1) is 9.85. The van der Waals surface area contributed by atoms with Gasteiger partial charge in [0.15, 0.2) is 6.61 Å². The fraction of sp³-hybridized carbons (Fsp3) is 0.545. The van der Waals surface area contributed by atoms with E-state index in [4.69, 9.17) is 4.74 Å². The number of allylic oxidation sites excluding steroid dienone is 1. The largest absolute Gasteiger partial charge is 0.452 e. The second-order valence-electron chi connectivity index (χ2n) is 3.00. The van der Waals surface area contributed by atoms with Crippen LogP contribution in [-0.2, 0) is 9.53 Å². The molecule has 0 radical (unpaired) electrons. The third kappa shape index (κ3) is 3.33. The number of hydrogen-bond acceptors (Lipinski definition) is 2. The quantitative estimate of drug-likeness (QED) is 0.367. The van der Waals surface area contributed by atoms with Crippen LogP contribution in [0.1, 0.15) is 26.2 Å². The molecule has 0 aromatic heterocycles. The summed E-state index contributed by atoms with van der Waals surface area (Å²) in [5.41, 5.74) is 0. The van der Waals surface area contributed by atoms with Crippen LogP contribution in [0.3, 0.4) is 0 Å². The Morgan fingerprint density at radius 1 is 1.69 bits per heavy atom. The Kier molecular flexibility index (Phi) is 4.11. The van der Waals surface area contributed by atoms with Gasteiger partial charge in [0.1, 0.15) is 0 Å².